The molecule has 5 rings (SSSR count). The Kier molecular flexibility index (Phi) is 4.11. The van der Waals surface area contributed by atoms with Crippen molar-refractivity contribution >= 4 is 0 Å². The number of aliphatic hydroxyl groups is 1. The van der Waals surface area contributed by atoms with Gasteiger partial charge in [-0.05, 0) is 46.0 Å². The lowest BCUT2D eigenvalue weighted by molar-refractivity contribution is -0.262. The number of nitriles is 1. The zero-order chi connectivity index (χ0) is 22.2. The van der Waals surface area contributed by atoms with Crippen molar-refractivity contribution in [1.82, 2.24) is 19.3 Å². The molecule has 2 atom stereocenters. The van der Waals surface area contributed by atoms with E-state index in [1.165, 1.54) is 10.8 Å². The number of rotatable bonds is 4. The van der Waals surface area contributed by atoms with Gasteiger partial charge in [0.25, 0.3) is 0 Å². The number of nitrogens with zero attached hydrogens (tertiary/aromatic N) is 5. The van der Waals surface area contributed by atoms with Crippen molar-refractivity contribution in [1.29, 1.82) is 5.26 Å². The summed E-state index contributed by atoms with van der Waals surface area (Å²) >= 11 is 0. The largest absolute Gasteiger partial charge is 0.476 e. The Morgan fingerprint density at radius 1 is 1.29 bits per heavy atom. The lowest BCUT2D eigenvalue weighted by atomic mass is 9.83. The van der Waals surface area contributed by atoms with Gasteiger partial charge in [0.1, 0.15) is 0 Å². The van der Waals surface area contributed by atoms with Crippen molar-refractivity contribution in [2.24, 2.45) is 10.8 Å². The highest BCUT2D eigenvalue weighted by atomic mass is 19.4. The van der Waals surface area contributed by atoms with Gasteiger partial charge >= 0.3 is 6.18 Å². The Morgan fingerprint density at radius 2 is 2.00 bits per heavy atom. The average molecular weight is 435 g/mol. The third-order valence-electron chi connectivity index (χ3n) is 7.43. The molecule has 2 aliphatic carbocycles. The van der Waals surface area contributed by atoms with Crippen LogP contribution in [0.25, 0.3) is 11.4 Å². The Balaban J connectivity index is 1.41. The number of hydrogen-bond acceptors (Lipinski definition) is 5. The van der Waals surface area contributed by atoms with Crippen molar-refractivity contribution in [3.63, 3.8) is 0 Å². The first-order valence-corrected chi connectivity index (χ1v) is 10.5. The minimum absolute atomic E-state index is 0.00744. The number of hydrogen-bond donors (Lipinski definition) is 1. The smallest absolute Gasteiger partial charge is 0.424 e. The lowest BCUT2D eigenvalue weighted by Gasteiger charge is -2.31. The highest BCUT2D eigenvalue weighted by molar-refractivity contribution is 5.58. The van der Waals surface area contributed by atoms with E-state index in [1.54, 1.807) is 17.7 Å². The molecule has 31 heavy (non-hydrogen) atoms. The molecule has 0 aromatic carbocycles. The van der Waals surface area contributed by atoms with Crippen molar-refractivity contribution in [3.8, 4) is 23.3 Å². The molecule has 1 aliphatic heterocycles. The molecule has 1 N–H and O–H groups in total. The maximum absolute atomic E-state index is 13.4. The molecule has 0 saturated heterocycles. The number of imidazole rings is 1. The van der Waals surface area contributed by atoms with E-state index in [4.69, 9.17) is 4.74 Å². The van der Waals surface area contributed by atoms with Crippen LogP contribution < -0.4 is 4.74 Å². The van der Waals surface area contributed by atoms with Crippen LogP contribution >= 0.6 is 0 Å². The molecule has 2 aromatic heterocycles. The quantitative estimate of drug-likeness (QED) is 0.786. The highest BCUT2D eigenvalue weighted by Crippen LogP contribution is 2.61. The fourth-order valence-corrected chi connectivity index (χ4v) is 5.53. The van der Waals surface area contributed by atoms with Crippen LogP contribution in [-0.2, 0) is 12.1 Å². The van der Waals surface area contributed by atoms with Gasteiger partial charge in [0.05, 0.1) is 48.3 Å². The van der Waals surface area contributed by atoms with Crippen LogP contribution in [0.5, 0.6) is 5.88 Å². The predicted molar refractivity (Wildman–Crippen MR) is 103 cm³/mol. The summed E-state index contributed by atoms with van der Waals surface area (Å²) < 4.78 is 49.4. The molecule has 3 aliphatic rings. The van der Waals surface area contributed by atoms with E-state index in [0.717, 1.165) is 39.0 Å². The van der Waals surface area contributed by atoms with Gasteiger partial charge in [-0.2, -0.15) is 18.4 Å². The third kappa shape index (κ3) is 2.89. The number of halogens is 3. The van der Waals surface area contributed by atoms with Gasteiger partial charge in [0.2, 0.25) is 11.5 Å². The zero-order valence-electron chi connectivity index (χ0n) is 17.4. The lowest BCUT2D eigenvalue weighted by Crippen LogP contribution is -2.42. The fraction of sp³-hybridized carbons (Fsp3) is 0.667. The molecule has 7 nitrogen and oxygen atoms in total. The molecule has 2 fully saturated rings. The molecule has 10 heteroatoms. The van der Waals surface area contributed by atoms with Crippen molar-refractivity contribution in [3.05, 3.63) is 18.1 Å². The van der Waals surface area contributed by atoms with Crippen molar-refractivity contribution in [2.75, 3.05) is 6.61 Å². The monoisotopic (exact) mass is 435 g/mol. The molecule has 0 unspecified atom stereocenters. The van der Waals surface area contributed by atoms with E-state index in [9.17, 15) is 23.5 Å². The van der Waals surface area contributed by atoms with Crippen LogP contribution in [0.1, 0.15) is 57.8 Å². The van der Waals surface area contributed by atoms with E-state index in [2.05, 4.69) is 16.2 Å². The Hall–Kier alpha value is -2.54. The summed E-state index contributed by atoms with van der Waals surface area (Å²) in [5, 5.41) is 24.1. The van der Waals surface area contributed by atoms with E-state index >= 15 is 0 Å². The van der Waals surface area contributed by atoms with E-state index in [0.29, 0.717) is 30.4 Å². The first-order valence-electron chi connectivity index (χ1n) is 10.5. The summed E-state index contributed by atoms with van der Waals surface area (Å²) in [7, 11) is 0. The van der Waals surface area contributed by atoms with Gasteiger partial charge in [0, 0.05) is 11.5 Å². The van der Waals surface area contributed by atoms with Crippen LogP contribution in [0.2, 0.25) is 0 Å². The standard InChI is InChI=1S/C21H24F3N5O2/c1-13-9-28-14(15-8-26-17(29(13)15)18(2,30)21(22,23)24)7-16(27-28)31-12-20-5-3-19(10-20,11-25)4-6-20/h7-8,13,30H,3-6,9-10,12H2,1-2H3/t13-,18+,19?,20?/m0/s1. The molecule has 2 bridgehead atoms. The normalized spacial score (nSPS) is 31.1. The summed E-state index contributed by atoms with van der Waals surface area (Å²) in [5.41, 5.74) is -2.19. The number of alkyl halides is 3. The molecule has 0 spiro atoms. The number of ether oxygens (including phenoxy) is 1. The molecule has 3 heterocycles. The van der Waals surface area contributed by atoms with Gasteiger partial charge in [0.15, 0.2) is 5.82 Å². The molecular formula is C21H24F3N5O2. The van der Waals surface area contributed by atoms with Gasteiger partial charge in [-0.15, -0.1) is 5.10 Å². The minimum Gasteiger partial charge on any atom is -0.476 e. The SMILES string of the molecule is C[C@H]1Cn2nc(OCC34CCC(C#N)(CC3)C4)cc2-c2cnc([C@@](C)(O)C(F)(F)F)n21. The first-order chi connectivity index (χ1) is 14.5. The topological polar surface area (TPSA) is 88.9 Å². The maximum Gasteiger partial charge on any atom is 0.424 e. The van der Waals surface area contributed by atoms with Crippen molar-refractivity contribution in [2.45, 2.75) is 70.3 Å². The molecular weight excluding hydrogens is 411 g/mol. The van der Waals surface area contributed by atoms with Crippen LogP contribution in [0.3, 0.4) is 0 Å². The van der Waals surface area contributed by atoms with Crippen LogP contribution in [0, 0.1) is 22.2 Å². The third-order valence-corrected chi connectivity index (χ3v) is 7.43. The van der Waals surface area contributed by atoms with Crippen LogP contribution in [-0.4, -0.2) is 37.2 Å². The number of fused-ring (bicyclic) bond motifs is 5. The minimum atomic E-state index is -4.85. The summed E-state index contributed by atoms with van der Waals surface area (Å²) in [5.74, 6) is -0.0159. The average Bonchev–Trinajstić information content (AvgIpc) is 3.46. The summed E-state index contributed by atoms with van der Waals surface area (Å²) in [6.45, 7) is 3.31. The Labute approximate surface area is 177 Å². The number of aromatic nitrogens is 4. The molecule has 166 valence electrons. The molecule has 0 amide bonds. The fourth-order valence-electron chi connectivity index (χ4n) is 5.53. The van der Waals surface area contributed by atoms with Gasteiger partial charge in [-0.3, -0.25) is 4.68 Å². The highest BCUT2D eigenvalue weighted by Gasteiger charge is 2.56. The summed E-state index contributed by atoms with van der Waals surface area (Å²) in [6, 6.07) is 3.82. The molecule has 2 aromatic rings. The maximum atomic E-state index is 13.4. The van der Waals surface area contributed by atoms with Gasteiger partial charge in [-0.1, -0.05) is 0 Å². The van der Waals surface area contributed by atoms with E-state index in [1.807, 2.05) is 0 Å². The second kappa shape index (κ2) is 6.25. The predicted octanol–water partition coefficient (Wildman–Crippen LogP) is 3.94. The summed E-state index contributed by atoms with van der Waals surface area (Å²) in [6.07, 6.45) is 1.10. The van der Waals surface area contributed by atoms with Gasteiger partial charge < -0.3 is 14.4 Å². The zero-order valence-corrected chi connectivity index (χ0v) is 17.4. The van der Waals surface area contributed by atoms with Crippen LogP contribution in [0.15, 0.2) is 12.3 Å². The molecule has 2 saturated carbocycles. The van der Waals surface area contributed by atoms with E-state index in [-0.39, 0.29) is 16.9 Å². The van der Waals surface area contributed by atoms with E-state index < -0.39 is 17.6 Å². The summed E-state index contributed by atoms with van der Waals surface area (Å²) in [4.78, 5) is 3.93. The molecule has 0 radical (unpaired) electrons. The second-order valence-corrected chi connectivity index (χ2v) is 9.66. The Bertz CT molecular complexity index is 1070. The second-order valence-electron chi connectivity index (χ2n) is 9.66. The first kappa shape index (κ1) is 20.4. The van der Waals surface area contributed by atoms with Gasteiger partial charge in [-0.25, -0.2) is 4.98 Å². The van der Waals surface area contributed by atoms with Crippen molar-refractivity contribution < 1.29 is 23.0 Å². The Morgan fingerprint density at radius 3 is 2.61 bits per heavy atom. The van der Waals surface area contributed by atoms with Crippen LogP contribution in [0.4, 0.5) is 13.2 Å².